The normalized spacial score (nSPS) is 17.8. The van der Waals surface area contributed by atoms with Gasteiger partial charge in [-0.1, -0.05) is 18.2 Å². The Kier molecular flexibility index (Phi) is 7.12. The number of carbonyl (C=O) groups excluding carboxylic acids is 1. The summed E-state index contributed by atoms with van der Waals surface area (Å²) in [5, 5.41) is 3.45. The van der Waals surface area contributed by atoms with Gasteiger partial charge in [-0.2, -0.15) is 0 Å². The Morgan fingerprint density at radius 1 is 1.29 bits per heavy atom. The number of nitrogens with one attached hydrogen (secondary N) is 1. The second kappa shape index (κ2) is 9.75. The van der Waals surface area contributed by atoms with Gasteiger partial charge in [0.1, 0.15) is 18.2 Å². The number of aldehydes is 1. The first-order valence-electron chi connectivity index (χ1n) is 9.82. The van der Waals surface area contributed by atoms with E-state index < -0.39 is 6.10 Å². The molecule has 0 spiro atoms. The van der Waals surface area contributed by atoms with Crippen molar-refractivity contribution in [2.24, 2.45) is 0 Å². The molecule has 150 valence electrons. The van der Waals surface area contributed by atoms with Gasteiger partial charge in [-0.25, -0.2) is 4.39 Å². The Hall–Kier alpha value is -2.31. The van der Waals surface area contributed by atoms with Gasteiger partial charge in [0.15, 0.2) is 0 Å². The first-order valence-corrected chi connectivity index (χ1v) is 9.82. The third-order valence-corrected chi connectivity index (χ3v) is 5.26. The minimum atomic E-state index is -0.428. The number of nitrogens with zero attached hydrogens (tertiary/aromatic N) is 2. The Labute approximate surface area is 165 Å². The fourth-order valence-electron chi connectivity index (χ4n) is 3.64. The minimum absolute atomic E-state index is 0.293. The smallest absolute Gasteiger partial charge is 0.148 e. The summed E-state index contributed by atoms with van der Waals surface area (Å²) in [6.07, 6.45) is 5.82. The molecule has 2 aromatic rings. The van der Waals surface area contributed by atoms with Gasteiger partial charge in [-0.15, -0.1) is 0 Å². The molecule has 1 fully saturated rings. The molecule has 0 saturated carbocycles. The van der Waals surface area contributed by atoms with Gasteiger partial charge in [0, 0.05) is 38.1 Å². The molecule has 3 rings (SSSR count). The monoisotopic (exact) mass is 385 g/mol. The van der Waals surface area contributed by atoms with Crippen molar-refractivity contribution in [2.45, 2.75) is 37.9 Å². The number of benzene rings is 1. The van der Waals surface area contributed by atoms with Crippen molar-refractivity contribution in [3.63, 3.8) is 0 Å². The van der Waals surface area contributed by atoms with Crippen LogP contribution >= 0.6 is 0 Å². The van der Waals surface area contributed by atoms with Crippen molar-refractivity contribution in [1.82, 2.24) is 9.88 Å². The third-order valence-electron chi connectivity index (χ3n) is 5.26. The predicted octanol–water partition coefficient (Wildman–Crippen LogP) is 3.31. The third kappa shape index (κ3) is 5.84. The molecule has 1 aliphatic rings. The van der Waals surface area contributed by atoms with Gasteiger partial charge in [-0.3, -0.25) is 4.98 Å². The summed E-state index contributed by atoms with van der Waals surface area (Å²) < 4.78 is 19.4. The van der Waals surface area contributed by atoms with E-state index in [1.54, 1.807) is 19.2 Å². The molecule has 1 saturated heterocycles. The van der Waals surface area contributed by atoms with Crippen molar-refractivity contribution >= 4 is 12.0 Å². The van der Waals surface area contributed by atoms with Crippen LogP contribution in [0.3, 0.4) is 0 Å². The Morgan fingerprint density at radius 3 is 2.71 bits per heavy atom. The molecular weight excluding hydrogens is 357 g/mol. The van der Waals surface area contributed by atoms with E-state index in [9.17, 15) is 9.18 Å². The SMILES string of the molecule is CC(C=O)OC1(CNc2ccccc2)CCN(CCc2cncc(F)c2)CC1. The molecule has 0 radical (unpaired) electrons. The zero-order chi connectivity index (χ0) is 19.8. The van der Waals surface area contributed by atoms with Crippen molar-refractivity contribution in [3.8, 4) is 0 Å². The Balaban J connectivity index is 1.56. The van der Waals surface area contributed by atoms with E-state index in [-0.39, 0.29) is 11.4 Å². The van der Waals surface area contributed by atoms with E-state index in [1.807, 2.05) is 30.3 Å². The molecule has 0 bridgehead atoms. The average Bonchev–Trinajstić information content (AvgIpc) is 2.73. The van der Waals surface area contributed by atoms with E-state index in [0.717, 1.165) is 56.4 Å². The molecule has 1 aromatic carbocycles. The van der Waals surface area contributed by atoms with Crippen LogP contribution in [0.25, 0.3) is 0 Å². The lowest BCUT2D eigenvalue weighted by Crippen LogP contribution is -2.51. The highest BCUT2D eigenvalue weighted by Gasteiger charge is 2.36. The molecule has 0 amide bonds. The molecule has 1 unspecified atom stereocenters. The Morgan fingerprint density at radius 2 is 2.04 bits per heavy atom. The second-order valence-corrected chi connectivity index (χ2v) is 7.46. The first kappa shape index (κ1) is 20.4. The molecule has 0 aliphatic carbocycles. The number of piperidine rings is 1. The van der Waals surface area contributed by atoms with Gasteiger partial charge in [0.05, 0.1) is 11.8 Å². The molecule has 1 N–H and O–H groups in total. The van der Waals surface area contributed by atoms with Gasteiger partial charge in [0.2, 0.25) is 0 Å². The summed E-state index contributed by atoms with van der Waals surface area (Å²) >= 11 is 0. The highest BCUT2D eigenvalue weighted by atomic mass is 19.1. The summed E-state index contributed by atoms with van der Waals surface area (Å²) in [5.74, 6) is -0.293. The van der Waals surface area contributed by atoms with Crippen LogP contribution in [0.15, 0.2) is 48.8 Å². The average molecular weight is 385 g/mol. The molecule has 28 heavy (non-hydrogen) atoms. The quantitative estimate of drug-likeness (QED) is 0.671. The van der Waals surface area contributed by atoms with Crippen LogP contribution < -0.4 is 5.32 Å². The lowest BCUT2D eigenvalue weighted by atomic mass is 9.90. The predicted molar refractivity (Wildman–Crippen MR) is 108 cm³/mol. The number of carbonyl (C=O) groups is 1. The van der Waals surface area contributed by atoms with Crippen LogP contribution in [0.1, 0.15) is 25.3 Å². The number of anilines is 1. The number of pyridine rings is 1. The summed E-state index contributed by atoms with van der Waals surface area (Å²) in [6.45, 7) is 5.07. The van der Waals surface area contributed by atoms with Crippen molar-refractivity contribution in [3.05, 3.63) is 60.2 Å². The second-order valence-electron chi connectivity index (χ2n) is 7.46. The van der Waals surface area contributed by atoms with E-state index in [1.165, 1.54) is 6.20 Å². The fraction of sp³-hybridized carbons (Fsp3) is 0.455. The minimum Gasteiger partial charge on any atom is -0.382 e. The zero-order valence-electron chi connectivity index (χ0n) is 16.3. The van der Waals surface area contributed by atoms with Gasteiger partial charge < -0.3 is 19.7 Å². The lowest BCUT2D eigenvalue weighted by Gasteiger charge is -2.42. The van der Waals surface area contributed by atoms with Gasteiger partial charge in [-0.05, 0) is 49.9 Å². The number of halogens is 1. The molecule has 5 nitrogen and oxygen atoms in total. The Bertz CT molecular complexity index is 748. The first-order chi connectivity index (χ1) is 13.6. The highest BCUT2D eigenvalue weighted by Crippen LogP contribution is 2.28. The maximum Gasteiger partial charge on any atom is 0.148 e. The van der Waals surface area contributed by atoms with Crippen LogP contribution in [0.2, 0.25) is 0 Å². The summed E-state index contributed by atoms with van der Waals surface area (Å²) in [6, 6.07) is 11.6. The summed E-state index contributed by atoms with van der Waals surface area (Å²) in [7, 11) is 0. The number of hydrogen-bond donors (Lipinski definition) is 1. The van der Waals surface area contributed by atoms with E-state index in [4.69, 9.17) is 4.74 Å². The zero-order valence-corrected chi connectivity index (χ0v) is 16.3. The van der Waals surface area contributed by atoms with Crippen LogP contribution in [0.5, 0.6) is 0 Å². The van der Waals surface area contributed by atoms with Gasteiger partial charge >= 0.3 is 0 Å². The van der Waals surface area contributed by atoms with Crippen LogP contribution in [-0.4, -0.2) is 54.1 Å². The largest absolute Gasteiger partial charge is 0.382 e. The van der Waals surface area contributed by atoms with Crippen LogP contribution in [-0.2, 0) is 16.0 Å². The van der Waals surface area contributed by atoms with Gasteiger partial charge in [0.25, 0.3) is 0 Å². The van der Waals surface area contributed by atoms with Crippen molar-refractivity contribution in [2.75, 3.05) is 31.5 Å². The number of ether oxygens (including phenoxy) is 1. The molecule has 1 aromatic heterocycles. The summed E-state index contributed by atoms with van der Waals surface area (Å²) in [4.78, 5) is 17.4. The maximum atomic E-state index is 13.3. The lowest BCUT2D eigenvalue weighted by molar-refractivity contribution is -0.137. The maximum absolute atomic E-state index is 13.3. The van der Waals surface area contributed by atoms with E-state index in [0.29, 0.717) is 6.54 Å². The highest BCUT2D eigenvalue weighted by molar-refractivity contribution is 5.55. The molecule has 1 aliphatic heterocycles. The number of para-hydroxylation sites is 1. The molecule has 2 heterocycles. The number of rotatable bonds is 9. The molecule has 6 heteroatoms. The van der Waals surface area contributed by atoms with Crippen molar-refractivity contribution < 1.29 is 13.9 Å². The number of likely N-dealkylation sites (tertiary alicyclic amines) is 1. The van der Waals surface area contributed by atoms with E-state index >= 15 is 0 Å². The summed E-state index contributed by atoms with van der Waals surface area (Å²) in [5.41, 5.74) is 1.59. The fourth-order valence-corrected chi connectivity index (χ4v) is 3.64. The topological polar surface area (TPSA) is 54.5 Å². The number of aromatic nitrogens is 1. The van der Waals surface area contributed by atoms with Crippen molar-refractivity contribution in [1.29, 1.82) is 0 Å². The molecule has 1 atom stereocenters. The van der Waals surface area contributed by atoms with Crippen LogP contribution in [0.4, 0.5) is 10.1 Å². The standard InChI is InChI=1S/C22H28FN3O2/c1-18(16-27)28-22(17-25-21-5-3-2-4-6-21)8-11-26(12-9-22)10-7-19-13-20(23)15-24-14-19/h2-6,13-16,18,25H,7-12,17H2,1H3. The molecular formula is C22H28FN3O2. The number of hydrogen-bond acceptors (Lipinski definition) is 5. The van der Waals surface area contributed by atoms with E-state index in [2.05, 4.69) is 15.2 Å². The van der Waals surface area contributed by atoms with Crippen LogP contribution in [0, 0.1) is 5.82 Å².